The van der Waals surface area contributed by atoms with Gasteiger partial charge in [-0.15, -0.1) is 0 Å². The van der Waals surface area contributed by atoms with Gasteiger partial charge < -0.3 is 20.5 Å². The van der Waals surface area contributed by atoms with Crippen molar-refractivity contribution in [2.24, 2.45) is 5.92 Å². The number of aromatic nitrogens is 1. The van der Waals surface area contributed by atoms with Gasteiger partial charge in [-0.3, -0.25) is 0 Å². The molecule has 3 N–H and O–H groups in total. The van der Waals surface area contributed by atoms with Gasteiger partial charge in [0.15, 0.2) is 16.6 Å². The van der Waals surface area contributed by atoms with Crippen LogP contribution >= 0.6 is 11.5 Å². The van der Waals surface area contributed by atoms with Crippen molar-refractivity contribution in [3.05, 3.63) is 0 Å². The summed E-state index contributed by atoms with van der Waals surface area (Å²) in [6.45, 7) is 3.69. The van der Waals surface area contributed by atoms with Crippen LogP contribution in [-0.4, -0.2) is 35.8 Å². The minimum absolute atomic E-state index is 0.201. The molecule has 0 aromatic carbocycles. The Hall–Kier alpha value is -1.01. The quantitative estimate of drug-likeness (QED) is 0.809. The Morgan fingerprint density at radius 3 is 3.00 bits per heavy atom. The molecule has 1 aliphatic rings. The van der Waals surface area contributed by atoms with E-state index < -0.39 is 0 Å². The summed E-state index contributed by atoms with van der Waals surface area (Å²) in [5.74, 6) is 1.37. The zero-order valence-electron chi connectivity index (χ0n) is 9.51. The van der Waals surface area contributed by atoms with E-state index in [9.17, 15) is 5.11 Å². The topological polar surface area (TPSA) is 71.6 Å². The molecule has 5 nitrogen and oxygen atoms in total. The smallest absolute Gasteiger partial charge is 0.197 e. The van der Waals surface area contributed by atoms with E-state index in [1.807, 2.05) is 6.92 Å². The van der Waals surface area contributed by atoms with Crippen LogP contribution in [0.25, 0.3) is 0 Å². The zero-order chi connectivity index (χ0) is 11.7. The molecule has 0 spiro atoms. The number of anilines is 2. The molecule has 90 valence electrons. The van der Waals surface area contributed by atoms with E-state index in [0.29, 0.717) is 11.6 Å². The summed E-state index contributed by atoms with van der Waals surface area (Å²) in [7, 11) is 1.60. The SMILES string of the molecule is COc1c(N)nsc1N1CCC(O)C(C)C1. The highest BCUT2D eigenvalue weighted by Gasteiger charge is 2.27. The minimum Gasteiger partial charge on any atom is -0.490 e. The number of nitrogens with zero attached hydrogens (tertiary/aromatic N) is 2. The molecule has 2 atom stereocenters. The van der Waals surface area contributed by atoms with Gasteiger partial charge in [0, 0.05) is 13.1 Å². The highest BCUT2D eigenvalue weighted by molar-refractivity contribution is 7.11. The summed E-state index contributed by atoms with van der Waals surface area (Å²) in [4.78, 5) is 2.18. The van der Waals surface area contributed by atoms with Gasteiger partial charge in [0.2, 0.25) is 0 Å². The second-order valence-electron chi connectivity index (χ2n) is 4.19. The number of nitrogen functional groups attached to an aromatic ring is 1. The Labute approximate surface area is 99.0 Å². The maximum atomic E-state index is 9.68. The average Bonchev–Trinajstić information content (AvgIpc) is 2.63. The summed E-state index contributed by atoms with van der Waals surface area (Å²) in [6.07, 6.45) is 0.579. The van der Waals surface area contributed by atoms with E-state index in [1.54, 1.807) is 7.11 Å². The molecule has 16 heavy (non-hydrogen) atoms. The van der Waals surface area contributed by atoms with Crippen LogP contribution in [-0.2, 0) is 0 Å². The van der Waals surface area contributed by atoms with E-state index in [2.05, 4.69) is 9.27 Å². The lowest BCUT2D eigenvalue weighted by atomic mass is 9.97. The van der Waals surface area contributed by atoms with Crippen LogP contribution in [0.3, 0.4) is 0 Å². The molecule has 0 saturated carbocycles. The summed E-state index contributed by atoms with van der Waals surface area (Å²) in [5, 5.41) is 10.7. The minimum atomic E-state index is -0.201. The molecule has 0 bridgehead atoms. The molecule has 2 rings (SSSR count). The van der Waals surface area contributed by atoms with Crippen molar-refractivity contribution >= 4 is 22.4 Å². The van der Waals surface area contributed by atoms with Gasteiger partial charge >= 0.3 is 0 Å². The van der Waals surface area contributed by atoms with Crippen LogP contribution in [0.15, 0.2) is 0 Å². The summed E-state index contributed by atoms with van der Waals surface area (Å²) >= 11 is 1.35. The van der Waals surface area contributed by atoms with Crippen molar-refractivity contribution in [3.8, 4) is 5.75 Å². The molecule has 1 saturated heterocycles. The third-order valence-electron chi connectivity index (χ3n) is 3.01. The number of methoxy groups -OCH3 is 1. The molecule has 0 aliphatic carbocycles. The molecule has 0 amide bonds. The predicted molar refractivity (Wildman–Crippen MR) is 65.1 cm³/mol. The number of nitrogens with two attached hydrogens (primary N) is 1. The third-order valence-corrected chi connectivity index (χ3v) is 3.91. The van der Waals surface area contributed by atoms with Crippen molar-refractivity contribution in [3.63, 3.8) is 0 Å². The monoisotopic (exact) mass is 243 g/mol. The Kier molecular flexibility index (Phi) is 3.20. The van der Waals surface area contributed by atoms with Crippen LogP contribution < -0.4 is 15.4 Å². The molecule has 2 unspecified atom stereocenters. The molecular formula is C10H17N3O2S. The second kappa shape index (κ2) is 4.47. The maximum absolute atomic E-state index is 9.68. The molecule has 2 heterocycles. The maximum Gasteiger partial charge on any atom is 0.197 e. The Morgan fingerprint density at radius 1 is 1.62 bits per heavy atom. The zero-order valence-corrected chi connectivity index (χ0v) is 10.3. The largest absolute Gasteiger partial charge is 0.490 e. The fourth-order valence-corrected chi connectivity index (χ4v) is 2.82. The Balaban J connectivity index is 2.18. The lowest BCUT2D eigenvalue weighted by molar-refractivity contribution is 0.0971. The first kappa shape index (κ1) is 11.5. The molecule has 1 aromatic heterocycles. The number of hydrogen-bond acceptors (Lipinski definition) is 6. The van der Waals surface area contributed by atoms with Crippen molar-refractivity contribution in [2.75, 3.05) is 30.8 Å². The van der Waals surface area contributed by atoms with Crippen LogP contribution in [0.5, 0.6) is 5.75 Å². The first-order valence-electron chi connectivity index (χ1n) is 5.35. The fourth-order valence-electron chi connectivity index (χ4n) is 2.00. The highest BCUT2D eigenvalue weighted by Crippen LogP contribution is 2.39. The Bertz CT molecular complexity index is 369. The molecule has 1 aliphatic heterocycles. The number of aliphatic hydroxyl groups excluding tert-OH is 1. The van der Waals surface area contributed by atoms with Gasteiger partial charge in [-0.1, -0.05) is 6.92 Å². The first-order chi connectivity index (χ1) is 7.63. The van der Waals surface area contributed by atoms with E-state index in [0.717, 1.165) is 24.5 Å². The first-order valence-corrected chi connectivity index (χ1v) is 6.13. The number of rotatable bonds is 2. The molecule has 1 aromatic rings. The van der Waals surface area contributed by atoms with E-state index >= 15 is 0 Å². The molecular weight excluding hydrogens is 226 g/mol. The fraction of sp³-hybridized carbons (Fsp3) is 0.700. The van der Waals surface area contributed by atoms with Crippen LogP contribution in [0.1, 0.15) is 13.3 Å². The van der Waals surface area contributed by atoms with E-state index in [1.165, 1.54) is 11.5 Å². The van der Waals surface area contributed by atoms with Crippen molar-refractivity contribution in [1.29, 1.82) is 0 Å². The van der Waals surface area contributed by atoms with Gasteiger partial charge in [-0.25, -0.2) is 0 Å². The van der Waals surface area contributed by atoms with Crippen LogP contribution in [0.4, 0.5) is 10.8 Å². The number of hydrogen-bond donors (Lipinski definition) is 2. The summed E-state index contributed by atoms with van der Waals surface area (Å²) in [5.41, 5.74) is 5.72. The summed E-state index contributed by atoms with van der Waals surface area (Å²) in [6, 6.07) is 0. The lowest BCUT2D eigenvalue weighted by Gasteiger charge is -2.34. The molecule has 1 fully saturated rings. The summed E-state index contributed by atoms with van der Waals surface area (Å²) < 4.78 is 9.35. The van der Waals surface area contributed by atoms with Gasteiger partial charge in [0.1, 0.15) is 0 Å². The van der Waals surface area contributed by atoms with Gasteiger partial charge in [0.25, 0.3) is 0 Å². The number of aliphatic hydroxyl groups is 1. The molecule has 6 heteroatoms. The van der Waals surface area contributed by atoms with Crippen LogP contribution in [0, 0.1) is 5.92 Å². The second-order valence-corrected chi connectivity index (χ2v) is 4.94. The predicted octanol–water partition coefficient (Wildman–Crippen LogP) is 0.941. The lowest BCUT2D eigenvalue weighted by Crippen LogP contribution is -2.41. The standard InChI is InChI=1S/C10H17N3O2S/c1-6-5-13(4-3-7(6)14)10-8(15-2)9(11)12-16-10/h6-7,14H,3-5H2,1-2H3,(H2,11,12). The average molecular weight is 243 g/mol. The van der Waals surface area contributed by atoms with Gasteiger partial charge in [-0.2, -0.15) is 4.37 Å². The van der Waals surface area contributed by atoms with Crippen molar-refractivity contribution in [2.45, 2.75) is 19.4 Å². The van der Waals surface area contributed by atoms with Crippen molar-refractivity contribution in [1.82, 2.24) is 4.37 Å². The van der Waals surface area contributed by atoms with E-state index in [4.69, 9.17) is 10.5 Å². The van der Waals surface area contributed by atoms with Crippen LogP contribution in [0.2, 0.25) is 0 Å². The highest BCUT2D eigenvalue weighted by atomic mass is 32.1. The normalized spacial score (nSPS) is 25.8. The molecule has 0 radical (unpaired) electrons. The number of piperidine rings is 1. The van der Waals surface area contributed by atoms with Crippen molar-refractivity contribution < 1.29 is 9.84 Å². The van der Waals surface area contributed by atoms with Gasteiger partial charge in [-0.05, 0) is 23.9 Å². The Morgan fingerprint density at radius 2 is 2.38 bits per heavy atom. The third kappa shape index (κ3) is 1.94. The van der Waals surface area contributed by atoms with E-state index in [-0.39, 0.29) is 12.0 Å². The number of ether oxygens (including phenoxy) is 1. The van der Waals surface area contributed by atoms with Gasteiger partial charge in [0.05, 0.1) is 13.2 Å².